The molecule has 0 amide bonds. The fourth-order valence-electron chi connectivity index (χ4n) is 3.20. The van der Waals surface area contributed by atoms with Gasteiger partial charge in [0.1, 0.15) is 17.0 Å². The maximum absolute atomic E-state index is 13.7. The number of hydrogen-bond acceptors (Lipinski definition) is 6. The van der Waals surface area contributed by atoms with Crippen molar-refractivity contribution in [2.75, 3.05) is 25.6 Å². The van der Waals surface area contributed by atoms with Gasteiger partial charge in [-0.3, -0.25) is 0 Å². The SMILES string of the molecule is COCCn1c(C)nc2ccc(-c3ccn4nc(NCC(C)(C)F)ncc34)nc21. The van der Waals surface area contributed by atoms with Crippen LogP contribution in [0, 0.1) is 6.92 Å². The summed E-state index contributed by atoms with van der Waals surface area (Å²) in [5.74, 6) is 1.28. The molecule has 0 fully saturated rings. The van der Waals surface area contributed by atoms with Crippen molar-refractivity contribution < 1.29 is 9.13 Å². The summed E-state index contributed by atoms with van der Waals surface area (Å²) in [7, 11) is 1.68. The van der Waals surface area contributed by atoms with Crippen molar-refractivity contribution in [1.82, 2.24) is 29.1 Å². The van der Waals surface area contributed by atoms with Crippen LogP contribution in [0.3, 0.4) is 0 Å². The first-order valence-electron chi connectivity index (χ1n) is 9.46. The number of ether oxygens (including phenoxy) is 1. The summed E-state index contributed by atoms with van der Waals surface area (Å²) < 4.78 is 22.7. The van der Waals surface area contributed by atoms with Crippen LogP contribution < -0.4 is 5.32 Å². The van der Waals surface area contributed by atoms with E-state index in [1.165, 1.54) is 13.8 Å². The van der Waals surface area contributed by atoms with Crippen LogP contribution in [-0.2, 0) is 11.3 Å². The standard InChI is InChI=1S/C20H24FN7O/c1-13-24-16-6-5-15(25-18(16)27(13)9-10-29-4)14-7-8-28-17(14)11-22-19(26-28)23-12-20(2,3)21/h5-8,11H,9-10,12H2,1-4H3,(H,23,26). The first kappa shape index (κ1) is 19.3. The Bertz CT molecular complexity index is 1160. The first-order valence-corrected chi connectivity index (χ1v) is 9.46. The molecular weight excluding hydrogens is 373 g/mol. The van der Waals surface area contributed by atoms with Crippen molar-refractivity contribution in [3.8, 4) is 11.3 Å². The summed E-state index contributed by atoms with van der Waals surface area (Å²) in [5, 5.41) is 7.34. The summed E-state index contributed by atoms with van der Waals surface area (Å²) in [4.78, 5) is 13.7. The van der Waals surface area contributed by atoms with Crippen LogP contribution >= 0.6 is 0 Å². The van der Waals surface area contributed by atoms with Crippen molar-refractivity contribution in [3.63, 3.8) is 0 Å². The van der Waals surface area contributed by atoms with Crippen molar-refractivity contribution in [2.45, 2.75) is 33.0 Å². The highest BCUT2D eigenvalue weighted by Crippen LogP contribution is 2.26. The maximum Gasteiger partial charge on any atom is 0.241 e. The van der Waals surface area contributed by atoms with E-state index in [2.05, 4.69) is 25.0 Å². The van der Waals surface area contributed by atoms with Crippen molar-refractivity contribution in [1.29, 1.82) is 0 Å². The second-order valence-electron chi connectivity index (χ2n) is 7.56. The molecule has 0 unspecified atom stereocenters. The molecule has 0 spiro atoms. The van der Waals surface area contributed by atoms with Gasteiger partial charge in [0.05, 0.1) is 30.6 Å². The number of halogens is 1. The second-order valence-corrected chi connectivity index (χ2v) is 7.56. The van der Waals surface area contributed by atoms with Crippen molar-refractivity contribution >= 4 is 22.6 Å². The molecular formula is C20H24FN7O. The van der Waals surface area contributed by atoms with Crippen molar-refractivity contribution in [2.24, 2.45) is 0 Å². The molecule has 1 N–H and O–H groups in total. The molecule has 0 atom stereocenters. The fraction of sp³-hybridized carbons (Fsp3) is 0.400. The van der Waals surface area contributed by atoms with E-state index in [-0.39, 0.29) is 6.54 Å². The van der Waals surface area contributed by atoms with Crippen LogP contribution in [0.15, 0.2) is 30.6 Å². The van der Waals surface area contributed by atoms with E-state index in [0.29, 0.717) is 19.1 Å². The van der Waals surface area contributed by atoms with Gasteiger partial charge in [-0.25, -0.2) is 23.9 Å². The van der Waals surface area contributed by atoms with Crippen LogP contribution in [0.5, 0.6) is 0 Å². The summed E-state index contributed by atoms with van der Waals surface area (Å²) in [6.07, 6.45) is 3.56. The molecule has 0 aromatic carbocycles. The number of anilines is 1. The number of imidazole rings is 1. The molecule has 0 bridgehead atoms. The second kappa shape index (κ2) is 7.40. The number of nitrogens with one attached hydrogen (secondary N) is 1. The molecule has 0 aliphatic rings. The van der Waals surface area contributed by atoms with E-state index in [4.69, 9.17) is 9.72 Å². The van der Waals surface area contributed by atoms with Crippen LogP contribution in [0.25, 0.3) is 27.9 Å². The highest BCUT2D eigenvalue weighted by molar-refractivity contribution is 5.82. The van der Waals surface area contributed by atoms with Gasteiger partial charge in [0.25, 0.3) is 0 Å². The average Bonchev–Trinajstić information content (AvgIpc) is 3.23. The minimum atomic E-state index is -1.34. The highest BCUT2D eigenvalue weighted by Gasteiger charge is 2.17. The predicted octanol–water partition coefficient (Wildman–Crippen LogP) is 3.26. The third kappa shape index (κ3) is 3.91. The lowest BCUT2D eigenvalue weighted by atomic mass is 10.2. The van der Waals surface area contributed by atoms with Gasteiger partial charge < -0.3 is 14.6 Å². The van der Waals surface area contributed by atoms with E-state index in [0.717, 1.165) is 33.8 Å². The zero-order chi connectivity index (χ0) is 20.6. The molecule has 9 heteroatoms. The minimum absolute atomic E-state index is 0.135. The molecule has 152 valence electrons. The Hall–Kier alpha value is -3.07. The van der Waals surface area contributed by atoms with Crippen LogP contribution in [0.2, 0.25) is 0 Å². The normalized spacial score (nSPS) is 12.2. The average molecular weight is 397 g/mol. The zero-order valence-corrected chi connectivity index (χ0v) is 17.0. The molecule has 4 rings (SSSR count). The number of nitrogens with zero attached hydrogens (tertiary/aromatic N) is 6. The molecule has 0 saturated carbocycles. The molecule has 4 aromatic heterocycles. The molecule has 0 radical (unpaired) electrons. The van der Waals surface area contributed by atoms with Gasteiger partial charge in [0.2, 0.25) is 5.95 Å². The molecule has 0 saturated heterocycles. The zero-order valence-electron chi connectivity index (χ0n) is 17.0. The third-order valence-corrected chi connectivity index (χ3v) is 4.66. The Morgan fingerprint density at radius 2 is 2.03 bits per heavy atom. The highest BCUT2D eigenvalue weighted by atomic mass is 19.1. The van der Waals surface area contributed by atoms with Gasteiger partial charge in [0, 0.05) is 25.4 Å². The lowest BCUT2D eigenvalue weighted by Crippen LogP contribution is -2.25. The molecule has 8 nitrogen and oxygen atoms in total. The van der Waals surface area contributed by atoms with E-state index in [1.807, 2.05) is 31.3 Å². The number of aromatic nitrogens is 6. The largest absolute Gasteiger partial charge is 0.383 e. The summed E-state index contributed by atoms with van der Waals surface area (Å²) in [6.45, 7) is 6.39. The van der Waals surface area contributed by atoms with E-state index >= 15 is 0 Å². The lowest BCUT2D eigenvalue weighted by Gasteiger charge is -2.14. The smallest absolute Gasteiger partial charge is 0.241 e. The number of alkyl halides is 1. The third-order valence-electron chi connectivity index (χ3n) is 4.66. The number of pyridine rings is 1. The Morgan fingerprint density at radius 1 is 1.21 bits per heavy atom. The molecule has 0 aliphatic carbocycles. The van der Waals surface area contributed by atoms with Crippen LogP contribution in [0.1, 0.15) is 19.7 Å². The fourth-order valence-corrected chi connectivity index (χ4v) is 3.20. The van der Waals surface area contributed by atoms with Gasteiger partial charge in [0.15, 0.2) is 5.65 Å². The Labute approximate surface area is 167 Å². The van der Waals surface area contributed by atoms with Gasteiger partial charge in [-0.05, 0) is 39.0 Å². The number of fused-ring (bicyclic) bond motifs is 2. The molecule has 29 heavy (non-hydrogen) atoms. The van der Waals surface area contributed by atoms with Gasteiger partial charge in [-0.2, -0.15) is 0 Å². The van der Waals surface area contributed by atoms with Gasteiger partial charge >= 0.3 is 0 Å². The monoisotopic (exact) mass is 397 g/mol. The Kier molecular flexibility index (Phi) is 4.91. The number of hydrogen-bond donors (Lipinski definition) is 1. The Balaban J connectivity index is 1.69. The molecule has 4 heterocycles. The topological polar surface area (TPSA) is 82.2 Å². The van der Waals surface area contributed by atoms with Gasteiger partial charge in [-0.15, -0.1) is 5.10 Å². The number of rotatable bonds is 7. The maximum atomic E-state index is 13.7. The van der Waals surface area contributed by atoms with Crippen LogP contribution in [0.4, 0.5) is 10.3 Å². The summed E-state index contributed by atoms with van der Waals surface area (Å²) in [6, 6.07) is 5.86. The molecule has 0 aliphatic heterocycles. The minimum Gasteiger partial charge on any atom is -0.383 e. The summed E-state index contributed by atoms with van der Waals surface area (Å²) in [5.41, 5.74) is 2.88. The molecule has 4 aromatic rings. The number of methoxy groups -OCH3 is 1. The van der Waals surface area contributed by atoms with Crippen molar-refractivity contribution in [3.05, 3.63) is 36.4 Å². The summed E-state index contributed by atoms with van der Waals surface area (Å²) >= 11 is 0. The van der Waals surface area contributed by atoms with Crippen LogP contribution in [-0.4, -0.2) is 55.1 Å². The quantitative estimate of drug-likeness (QED) is 0.515. The predicted molar refractivity (Wildman–Crippen MR) is 110 cm³/mol. The van der Waals surface area contributed by atoms with Gasteiger partial charge in [-0.1, -0.05) is 0 Å². The number of aryl methyl sites for hydroxylation is 1. The van der Waals surface area contributed by atoms with E-state index < -0.39 is 5.67 Å². The van der Waals surface area contributed by atoms with E-state index in [9.17, 15) is 4.39 Å². The first-order chi connectivity index (χ1) is 13.9. The van der Waals surface area contributed by atoms with E-state index in [1.54, 1.807) is 17.8 Å². The lowest BCUT2D eigenvalue weighted by molar-refractivity contribution is 0.187. The Morgan fingerprint density at radius 3 is 2.79 bits per heavy atom.